The van der Waals surface area contributed by atoms with Gasteiger partial charge in [0.25, 0.3) is 0 Å². The first-order chi connectivity index (χ1) is 11.6. The summed E-state index contributed by atoms with van der Waals surface area (Å²) >= 11 is 5.83. The average Bonchev–Trinajstić information content (AvgIpc) is 2.55. The number of carbonyl (C=O) groups is 1. The first-order valence-electron chi connectivity index (χ1n) is 7.53. The monoisotopic (exact) mass is 337 g/mol. The number of nitrogens with one attached hydrogen (secondary N) is 1. The predicted molar refractivity (Wildman–Crippen MR) is 96.0 cm³/mol. The van der Waals surface area contributed by atoms with Crippen molar-refractivity contribution in [1.29, 1.82) is 0 Å². The van der Waals surface area contributed by atoms with Gasteiger partial charge >= 0.3 is 0 Å². The second kappa shape index (κ2) is 7.23. The third-order valence-electron chi connectivity index (χ3n) is 3.55. The number of hydrogen-bond acceptors (Lipinski definition) is 3. The molecule has 24 heavy (non-hydrogen) atoms. The number of halogens is 1. The highest BCUT2D eigenvalue weighted by Crippen LogP contribution is 2.21. The molecule has 3 aromatic rings. The standard InChI is InChI=1S/C19H16ClN3O/c1-13-10-16(7-9-21-13)15-2-4-17(5-3-15)23-19(24)12-14-6-8-22-18(20)11-14/h2-11H,12H2,1H3,(H,23,24). The molecular weight excluding hydrogens is 322 g/mol. The number of hydrogen-bond donors (Lipinski definition) is 1. The van der Waals surface area contributed by atoms with Gasteiger partial charge in [0.1, 0.15) is 5.15 Å². The van der Waals surface area contributed by atoms with E-state index in [1.165, 1.54) is 0 Å². The lowest BCUT2D eigenvalue weighted by Gasteiger charge is -2.07. The lowest BCUT2D eigenvalue weighted by Crippen LogP contribution is -2.14. The Morgan fingerprint density at radius 1 is 1.00 bits per heavy atom. The third-order valence-corrected chi connectivity index (χ3v) is 3.76. The molecule has 0 unspecified atom stereocenters. The molecule has 0 radical (unpaired) electrons. The van der Waals surface area contributed by atoms with Crippen LogP contribution in [0.15, 0.2) is 60.9 Å². The fourth-order valence-electron chi connectivity index (χ4n) is 2.41. The minimum atomic E-state index is -0.0928. The number of nitrogens with zero attached hydrogens (tertiary/aromatic N) is 2. The normalized spacial score (nSPS) is 10.4. The van der Waals surface area contributed by atoms with Crippen LogP contribution in [0, 0.1) is 6.92 Å². The van der Waals surface area contributed by atoms with Gasteiger partial charge in [-0.2, -0.15) is 0 Å². The molecule has 0 saturated carbocycles. The van der Waals surface area contributed by atoms with Crippen molar-refractivity contribution in [2.45, 2.75) is 13.3 Å². The number of anilines is 1. The van der Waals surface area contributed by atoms with E-state index in [9.17, 15) is 4.79 Å². The Morgan fingerprint density at radius 3 is 2.46 bits per heavy atom. The average molecular weight is 338 g/mol. The largest absolute Gasteiger partial charge is 0.326 e. The molecule has 0 aliphatic heterocycles. The van der Waals surface area contributed by atoms with Crippen LogP contribution in [0.4, 0.5) is 5.69 Å². The molecule has 1 aromatic carbocycles. The number of amides is 1. The van der Waals surface area contributed by atoms with E-state index in [-0.39, 0.29) is 12.3 Å². The summed E-state index contributed by atoms with van der Waals surface area (Å²) in [5.74, 6) is -0.0928. The lowest BCUT2D eigenvalue weighted by atomic mass is 10.1. The van der Waals surface area contributed by atoms with Crippen molar-refractivity contribution in [2.75, 3.05) is 5.32 Å². The van der Waals surface area contributed by atoms with Crippen molar-refractivity contribution in [2.24, 2.45) is 0 Å². The summed E-state index contributed by atoms with van der Waals surface area (Å²) in [5.41, 5.74) is 4.75. The molecule has 1 N–H and O–H groups in total. The molecule has 0 saturated heterocycles. The molecule has 5 heteroatoms. The Morgan fingerprint density at radius 2 is 1.75 bits per heavy atom. The summed E-state index contributed by atoms with van der Waals surface area (Å²) in [7, 11) is 0. The van der Waals surface area contributed by atoms with Crippen molar-refractivity contribution in [1.82, 2.24) is 9.97 Å². The number of aryl methyl sites for hydroxylation is 1. The molecule has 2 aromatic heterocycles. The van der Waals surface area contributed by atoms with Crippen LogP contribution in [0.1, 0.15) is 11.3 Å². The Labute approximate surface area is 145 Å². The van der Waals surface area contributed by atoms with Crippen molar-refractivity contribution < 1.29 is 4.79 Å². The molecule has 0 spiro atoms. The molecule has 0 atom stereocenters. The maximum atomic E-state index is 12.1. The van der Waals surface area contributed by atoms with Crippen molar-refractivity contribution in [3.8, 4) is 11.1 Å². The molecule has 0 fully saturated rings. The zero-order valence-corrected chi connectivity index (χ0v) is 13.9. The molecule has 0 bridgehead atoms. The maximum Gasteiger partial charge on any atom is 0.228 e. The molecule has 0 aliphatic rings. The van der Waals surface area contributed by atoms with Crippen LogP contribution in [0.3, 0.4) is 0 Å². The number of benzene rings is 1. The quantitative estimate of drug-likeness (QED) is 0.723. The van der Waals surface area contributed by atoms with E-state index in [0.717, 1.165) is 28.1 Å². The second-order valence-electron chi connectivity index (χ2n) is 5.48. The zero-order chi connectivity index (χ0) is 16.9. The van der Waals surface area contributed by atoms with Crippen LogP contribution >= 0.6 is 11.6 Å². The highest BCUT2D eigenvalue weighted by Gasteiger charge is 2.06. The Kier molecular flexibility index (Phi) is 4.87. The van der Waals surface area contributed by atoms with E-state index in [2.05, 4.69) is 15.3 Å². The highest BCUT2D eigenvalue weighted by atomic mass is 35.5. The second-order valence-corrected chi connectivity index (χ2v) is 5.86. The Balaban J connectivity index is 1.66. The van der Waals surface area contributed by atoms with Gasteiger partial charge in [0.2, 0.25) is 5.91 Å². The molecule has 120 valence electrons. The first kappa shape index (κ1) is 16.1. The summed E-state index contributed by atoms with van der Waals surface area (Å²) in [5, 5.41) is 3.27. The van der Waals surface area contributed by atoms with Crippen LogP contribution in [0.25, 0.3) is 11.1 Å². The summed E-state index contributed by atoms with van der Waals surface area (Å²) in [6, 6.07) is 15.2. The number of rotatable bonds is 4. The van der Waals surface area contributed by atoms with E-state index in [1.807, 2.05) is 43.3 Å². The summed E-state index contributed by atoms with van der Waals surface area (Å²) in [6.45, 7) is 1.96. The fourth-order valence-corrected chi connectivity index (χ4v) is 2.61. The summed E-state index contributed by atoms with van der Waals surface area (Å²) < 4.78 is 0. The van der Waals surface area contributed by atoms with Crippen LogP contribution in [-0.4, -0.2) is 15.9 Å². The van der Waals surface area contributed by atoms with Crippen LogP contribution < -0.4 is 5.32 Å². The summed E-state index contributed by atoms with van der Waals surface area (Å²) in [6.07, 6.45) is 3.64. The van der Waals surface area contributed by atoms with Gasteiger partial charge in [-0.05, 0) is 60.0 Å². The molecular formula is C19H16ClN3O. The lowest BCUT2D eigenvalue weighted by molar-refractivity contribution is -0.115. The van der Waals surface area contributed by atoms with E-state index >= 15 is 0 Å². The van der Waals surface area contributed by atoms with Crippen molar-refractivity contribution in [3.63, 3.8) is 0 Å². The smallest absolute Gasteiger partial charge is 0.228 e. The molecule has 2 heterocycles. The predicted octanol–water partition coefficient (Wildman–Crippen LogP) is 4.29. The van der Waals surface area contributed by atoms with Gasteiger partial charge in [0, 0.05) is 23.8 Å². The number of carbonyl (C=O) groups excluding carboxylic acids is 1. The van der Waals surface area contributed by atoms with Gasteiger partial charge in [0.05, 0.1) is 6.42 Å². The van der Waals surface area contributed by atoms with Gasteiger partial charge in [-0.1, -0.05) is 23.7 Å². The minimum absolute atomic E-state index is 0.0928. The first-order valence-corrected chi connectivity index (χ1v) is 7.91. The van der Waals surface area contributed by atoms with Gasteiger partial charge in [-0.15, -0.1) is 0 Å². The SMILES string of the molecule is Cc1cc(-c2ccc(NC(=O)Cc3ccnc(Cl)c3)cc2)ccn1. The van der Waals surface area contributed by atoms with Crippen LogP contribution in [0.2, 0.25) is 5.15 Å². The Bertz CT molecular complexity index is 862. The van der Waals surface area contributed by atoms with Gasteiger partial charge in [-0.3, -0.25) is 9.78 Å². The van der Waals surface area contributed by atoms with E-state index in [0.29, 0.717) is 5.15 Å². The molecule has 0 aliphatic carbocycles. The fraction of sp³-hybridized carbons (Fsp3) is 0.105. The van der Waals surface area contributed by atoms with E-state index < -0.39 is 0 Å². The zero-order valence-electron chi connectivity index (χ0n) is 13.2. The maximum absolute atomic E-state index is 12.1. The van der Waals surface area contributed by atoms with Gasteiger partial charge in [0.15, 0.2) is 0 Å². The van der Waals surface area contributed by atoms with E-state index in [4.69, 9.17) is 11.6 Å². The Hall–Kier alpha value is -2.72. The highest BCUT2D eigenvalue weighted by molar-refractivity contribution is 6.29. The minimum Gasteiger partial charge on any atom is -0.326 e. The van der Waals surface area contributed by atoms with Gasteiger partial charge < -0.3 is 5.32 Å². The van der Waals surface area contributed by atoms with Gasteiger partial charge in [-0.25, -0.2) is 4.98 Å². The van der Waals surface area contributed by atoms with Crippen molar-refractivity contribution in [3.05, 3.63) is 77.3 Å². The van der Waals surface area contributed by atoms with Crippen molar-refractivity contribution >= 4 is 23.2 Å². The summed E-state index contributed by atoms with van der Waals surface area (Å²) in [4.78, 5) is 20.2. The van der Waals surface area contributed by atoms with Crippen LogP contribution in [-0.2, 0) is 11.2 Å². The molecule has 3 rings (SSSR count). The van der Waals surface area contributed by atoms with Crippen LogP contribution in [0.5, 0.6) is 0 Å². The number of pyridine rings is 2. The van der Waals surface area contributed by atoms with E-state index in [1.54, 1.807) is 24.5 Å². The molecule has 1 amide bonds. The number of aromatic nitrogens is 2. The topological polar surface area (TPSA) is 54.9 Å². The molecule has 4 nitrogen and oxygen atoms in total. The third kappa shape index (κ3) is 4.18.